The molecule has 0 spiro atoms. The summed E-state index contributed by atoms with van der Waals surface area (Å²) in [7, 11) is -3.62. The summed E-state index contributed by atoms with van der Waals surface area (Å²) in [6, 6.07) is 13.6. The van der Waals surface area contributed by atoms with Gasteiger partial charge in [0, 0.05) is 36.1 Å². The maximum Gasteiger partial charge on any atom is 0.244 e. The van der Waals surface area contributed by atoms with E-state index in [-0.39, 0.29) is 23.3 Å². The predicted molar refractivity (Wildman–Crippen MR) is 130 cm³/mol. The number of nitrogens with zero attached hydrogens (tertiary/aromatic N) is 3. The molecule has 35 heavy (non-hydrogen) atoms. The molecular weight excluding hydrogens is 468 g/mol. The third-order valence-corrected chi connectivity index (χ3v) is 8.48. The Kier molecular flexibility index (Phi) is 5.72. The zero-order chi connectivity index (χ0) is 24.8. The van der Waals surface area contributed by atoms with Crippen LogP contribution in [0.1, 0.15) is 32.3 Å². The summed E-state index contributed by atoms with van der Waals surface area (Å²) in [5, 5.41) is 6.52. The van der Waals surface area contributed by atoms with E-state index in [0.717, 1.165) is 18.4 Å². The molecule has 1 N–H and O–H groups in total. The van der Waals surface area contributed by atoms with E-state index in [1.807, 2.05) is 6.07 Å². The maximum absolute atomic E-state index is 13.3. The van der Waals surface area contributed by atoms with Gasteiger partial charge < -0.3 is 14.7 Å². The van der Waals surface area contributed by atoms with Crippen LogP contribution in [-0.2, 0) is 25.0 Å². The number of nitrogens with one attached hydrogen (secondary N) is 1. The summed E-state index contributed by atoms with van der Waals surface area (Å²) in [5.74, 6) is -0.0505. The van der Waals surface area contributed by atoms with Gasteiger partial charge in [-0.15, -0.1) is 0 Å². The van der Waals surface area contributed by atoms with E-state index in [0.29, 0.717) is 35.8 Å². The fourth-order valence-corrected chi connectivity index (χ4v) is 6.21. The first-order valence-electron chi connectivity index (χ1n) is 11.5. The van der Waals surface area contributed by atoms with Crippen LogP contribution in [0, 0.1) is 0 Å². The summed E-state index contributed by atoms with van der Waals surface area (Å²) in [5.41, 5.74) is 1.50. The van der Waals surface area contributed by atoms with E-state index < -0.39 is 15.4 Å². The Morgan fingerprint density at radius 3 is 2.60 bits per heavy atom. The lowest BCUT2D eigenvalue weighted by atomic mass is 9.86. The molecule has 3 aromatic rings. The SMILES string of the molecule is CC1(C)C(=O)N(CC(=O)Nc2cccc(-c3ccno3)c2)c2ccc(S(=O)(=O)N3CCCC3)cc21. The van der Waals surface area contributed by atoms with Gasteiger partial charge in [0.25, 0.3) is 0 Å². The van der Waals surface area contributed by atoms with Crippen molar-refractivity contribution in [2.24, 2.45) is 0 Å². The average Bonchev–Trinajstić information content (AvgIpc) is 3.59. The van der Waals surface area contributed by atoms with Gasteiger partial charge in [0.15, 0.2) is 5.76 Å². The number of rotatable bonds is 6. The first-order valence-corrected chi connectivity index (χ1v) is 12.9. The van der Waals surface area contributed by atoms with Crippen molar-refractivity contribution in [2.75, 3.05) is 29.9 Å². The molecule has 0 unspecified atom stereocenters. The van der Waals surface area contributed by atoms with Gasteiger partial charge in [0.2, 0.25) is 21.8 Å². The van der Waals surface area contributed by atoms with E-state index in [2.05, 4.69) is 10.5 Å². The zero-order valence-electron chi connectivity index (χ0n) is 19.5. The molecule has 0 bridgehead atoms. The van der Waals surface area contributed by atoms with Crippen molar-refractivity contribution in [3.63, 3.8) is 0 Å². The minimum absolute atomic E-state index is 0.176. The lowest BCUT2D eigenvalue weighted by Gasteiger charge is -2.20. The van der Waals surface area contributed by atoms with Crippen molar-refractivity contribution < 1.29 is 22.5 Å². The maximum atomic E-state index is 13.3. The summed E-state index contributed by atoms with van der Waals surface area (Å²) in [6.45, 7) is 4.32. The molecule has 0 radical (unpaired) electrons. The summed E-state index contributed by atoms with van der Waals surface area (Å²) < 4.78 is 32.8. The van der Waals surface area contributed by atoms with Gasteiger partial charge in [0.1, 0.15) is 6.54 Å². The Morgan fingerprint density at radius 2 is 1.89 bits per heavy atom. The highest BCUT2D eigenvalue weighted by Crippen LogP contribution is 2.43. The smallest absolute Gasteiger partial charge is 0.244 e. The van der Waals surface area contributed by atoms with Crippen LogP contribution in [0.25, 0.3) is 11.3 Å². The lowest BCUT2D eigenvalue weighted by Crippen LogP contribution is -2.40. The van der Waals surface area contributed by atoms with E-state index in [1.54, 1.807) is 56.4 Å². The molecule has 2 aromatic carbocycles. The molecule has 2 aliphatic heterocycles. The second kappa shape index (κ2) is 8.62. The number of carbonyl (C=O) groups excluding carboxylic acids is 2. The highest BCUT2D eigenvalue weighted by atomic mass is 32.2. The minimum atomic E-state index is -3.62. The van der Waals surface area contributed by atoms with E-state index in [1.165, 1.54) is 15.3 Å². The topological polar surface area (TPSA) is 113 Å². The molecule has 182 valence electrons. The largest absolute Gasteiger partial charge is 0.356 e. The lowest BCUT2D eigenvalue weighted by molar-refractivity contribution is -0.124. The monoisotopic (exact) mass is 494 g/mol. The number of aromatic nitrogens is 1. The second-order valence-electron chi connectivity index (χ2n) is 9.31. The Bertz CT molecular complexity index is 1390. The summed E-state index contributed by atoms with van der Waals surface area (Å²) >= 11 is 0. The van der Waals surface area contributed by atoms with E-state index in [9.17, 15) is 18.0 Å². The second-order valence-corrected chi connectivity index (χ2v) is 11.3. The third kappa shape index (κ3) is 4.12. The number of benzene rings is 2. The number of anilines is 2. The van der Waals surface area contributed by atoms with Crippen LogP contribution in [0.15, 0.2) is 64.1 Å². The summed E-state index contributed by atoms with van der Waals surface area (Å²) in [6.07, 6.45) is 3.23. The highest BCUT2D eigenvalue weighted by Gasteiger charge is 2.45. The standard InChI is InChI=1S/C25H26N4O5S/c1-25(2)20-15-19(35(32,33)28-12-3-4-13-28)8-9-21(20)29(24(25)31)16-23(30)27-18-7-5-6-17(14-18)22-10-11-26-34-22/h5-11,14-15H,3-4,12-13,16H2,1-2H3,(H,27,30). The summed E-state index contributed by atoms with van der Waals surface area (Å²) in [4.78, 5) is 27.7. The van der Waals surface area contributed by atoms with Gasteiger partial charge in [-0.25, -0.2) is 8.42 Å². The first-order chi connectivity index (χ1) is 16.7. The molecule has 0 saturated carbocycles. The van der Waals surface area contributed by atoms with Crippen LogP contribution < -0.4 is 10.2 Å². The molecule has 2 amide bonds. The van der Waals surface area contributed by atoms with Gasteiger partial charge in [-0.1, -0.05) is 17.3 Å². The average molecular weight is 495 g/mol. The van der Waals surface area contributed by atoms with Crippen LogP contribution in [0.5, 0.6) is 0 Å². The Labute approximate surface area is 203 Å². The number of sulfonamides is 1. The van der Waals surface area contributed by atoms with Crippen LogP contribution in [0.2, 0.25) is 0 Å². The van der Waals surface area contributed by atoms with Crippen LogP contribution in [0.3, 0.4) is 0 Å². The van der Waals surface area contributed by atoms with Gasteiger partial charge in [-0.05, 0) is 62.6 Å². The molecule has 5 rings (SSSR count). The molecule has 10 heteroatoms. The van der Waals surface area contributed by atoms with Crippen molar-refractivity contribution in [2.45, 2.75) is 37.0 Å². The van der Waals surface area contributed by atoms with Gasteiger partial charge in [-0.2, -0.15) is 4.31 Å². The van der Waals surface area contributed by atoms with Crippen molar-refractivity contribution >= 4 is 33.2 Å². The fourth-order valence-electron chi connectivity index (χ4n) is 4.67. The Morgan fingerprint density at radius 1 is 1.11 bits per heavy atom. The molecular formula is C25H26N4O5S. The van der Waals surface area contributed by atoms with Gasteiger partial charge in [0.05, 0.1) is 16.5 Å². The minimum Gasteiger partial charge on any atom is -0.356 e. The van der Waals surface area contributed by atoms with Crippen LogP contribution in [-0.4, -0.2) is 49.3 Å². The molecule has 1 fully saturated rings. The zero-order valence-corrected chi connectivity index (χ0v) is 20.3. The molecule has 1 aromatic heterocycles. The predicted octanol–water partition coefficient (Wildman–Crippen LogP) is 3.39. The number of carbonyl (C=O) groups is 2. The van der Waals surface area contributed by atoms with Gasteiger partial charge in [-0.3, -0.25) is 9.59 Å². The Hall–Kier alpha value is -3.50. The Balaban J connectivity index is 1.38. The molecule has 9 nitrogen and oxygen atoms in total. The molecule has 0 aliphatic carbocycles. The third-order valence-electron chi connectivity index (χ3n) is 6.59. The molecule has 3 heterocycles. The number of hydrogen-bond donors (Lipinski definition) is 1. The fraction of sp³-hybridized carbons (Fsp3) is 0.320. The van der Waals surface area contributed by atoms with E-state index >= 15 is 0 Å². The van der Waals surface area contributed by atoms with Crippen LogP contribution in [0.4, 0.5) is 11.4 Å². The van der Waals surface area contributed by atoms with Gasteiger partial charge >= 0.3 is 0 Å². The molecule has 1 saturated heterocycles. The van der Waals surface area contributed by atoms with Crippen molar-refractivity contribution in [1.82, 2.24) is 9.46 Å². The molecule has 0 atom stereocenters. The van der Waals surface area contributed by atoms with Crippen molar-refractivity contribution in [3.05, 3.63) is 60.3 Å². The molecule has 2 aliphatic rings. The quantitative estimate of drug-likeness (QED) is 0.562. The van der Waals surface area contributed by atoms with Crippen molar-refractivity contribution in [3.8, 4) is 11.3 Å². The van der Waals surface area contributed by atoms with Crippen molar-refractivity contribution in [1.29, 1.82) is 0 Å². The first kappa shape index (κ1) is 23.3. The number of hydrogen-bond acceptors (Lipinski definition) is 6. The van der Waals surface area contributed by atoms with E-state index in [4.69, 9.17) is 4.52 Å². The van der Waals surface area contributed by atoms with Crippen LogP contribution >= 0.6 is 0 Å². The normalized spacial score (nSPS) is 17.5. The number of amides is 2. The number of fused-ring (bicyclic) bond motifs is 1. The highest BCUT2D eigenvalue weighted by molar-refractivity contribution is 7.89.